The molecule has 0 fully saturated rings. The fraction of sp³-hybridized carbons (Fsp3) is 0.231. The maximum absolute atomic E-state index is 11.9. The van der Waals surface area contributed by atoms with Crippen molar-refractivity contribution in [2.45, 2.75) is 11.1 Å². The Morgan fingerprint density at radius 2 is 2.00 bits per heavy atom. The van der Waals surface area contributed by atoms with Crippen LogP contribution in [0.15, 0.2) is 40.6 Å². The van der Waals surface area contributed by atoms with Crippen molar-refractivity contribution in [2.24, 2.45) is 0 Å². The number of rotatable bonds is 6. The van der Waals surface area contributed by atoms with E-state index < -0.39 is 10.0 Å². The van der Waals surface area contributed by atoms with Gasteiger partial charge in [0.05, 0.1) is 5.02 Å². The van der Waals surface area contributed by atoms with Gasteiger partial charge in [0.25, 0.3) is 0 Å². The lowest BCUT2D eigenvalue weighted by Gasteiger charge is -2.08. The zero-order valence-corrected chi connectivity index (χ0v) is 13.2. The van der Waals surface area contributed by atoms with Crippen LogP contribution in [0.3, 0.4) is 0 Å². The summed E-state index contributed by atoms with van der Waals surface area (Å²) in [6.45, 7) is 2.27. The Bertz CT molecular complexity index is 682. The summed E-state index contributed by atoms with van der Waals surface area (Å²) in [5, 5.41) is 0.504. The molecule has 4 nitrogen and oxygen atoms in total. The summed E-state index contributed by atoms with van der Waals surface area (Å²) in [7, 11) is -3.45. The Kier molecular flexibility index (Phi) is 5.04. The van der Waals surface area contributed by atoms with Gasteiger partial charge in [-0.1, -0.05) is 23.7 Å². The lowest BCUT2D eigenvalue weighted by Crippen LogP contribution is -2.27. The average molecular weight is 332 g/mol. The number of halogens is 1. The predicted molar refractivity (Wildman–Crippen MR) is 81.2 cm³/mol. The van der Waals surface area contributed by atoms with Crippen molar-refractivity contribution in [1.82, 2.24) is 4.72 Å². The first-order valence-electron chi connectivity index (χ1n) is 5.92. The fourth-order valence-electron chi connectivity index (χ4n) is 1.53. The predicted octanol–water partition coefficient (Wildman–Crippen LogP) is 3.07. The Hall–Kier alpha value is -1.08. The summed E-state index contributed by atoms with van der Waals surface area (Å²) in [5.41, 5.74) is 0. The summed E-state index contributed by atoms with van der Waals surface area (Å²) in [6.07, 6.45) is 0. The van der Waals surface area contributed by atoms with E-state index in [-0.39, 0.29) is 13.2 Å². The van der Waals surface area contributed by atoms with Crippen LogP contribution in [0.1, 0.15) is 4.88 Å². The molecule has 0 unspecified atom stereocenters. The van der Waals surface area contributed by atoms with Crippen molar-refractivity contribution in [1.29, 1.82) is 0 Å². The van der Waals surface area contributed by atoms with E-state index in [4.69, 9.17) is 16.3 Å². The molecule has 0 saturated heterocycles. The minimum atomic E-state index is -3.45. The Labute approximate surface area is 127 Å². The molecular formula is C13H14ClNO3S2. The van der Waals surface area contributed by atoms with Gasteiger partial charge in [0.1, 0.15) is 16.6 Å². The molecule has 0 atom stereocenters. The van der Waals surface area contributed by atoms with Crippen molar-refractivity contribution >= 4 is 33.0 Å². The monoisotopic (exact) mass is 331 g/mol. The molecular weight excluding hydrogens is 318 g/mol. The molecule has 0 aliphatic heterocycles. The van der Waals surface area contributed by atoms with E-state index in [1.165, 1.54) is 11.3 Å². The number of aryl methyl sites for hydroxylation is 1. The third-order valence-electron chi connectivity index (χ3n) is 2.47. The summed E-state index contributed by atoms with van der Waals surface area (Å²) >= 11 is 7.17. The first kappa shape index (κ1) is 15.3. The molecule has 7 heteroatoms. The maximum Gasteiger partial charge on any atom is 0.250 e. The minimum Gasteiger partial charge on any atom is -0.491 e. The highest BCUT2D eigenvalue weighted by molar-refractivity contribution is 7.91. The topological polar surface area (TPSA) is 55.4 Å². The van der Waals surface area contributed by atoms with Gasteiger partial charge in [-0.15, -0.1) is 11.3 Å². The van der Waals surface area contributed by atoms with Gasteiger partial charge in [-0.25, -0.2) is 13.1 Å². The largest absolute Gasteiger partial charge is 0.491 e. The normalized spacial score (nSPS) is 11.5. The summed E-state index contributed by atoms with van der Waals surface area (Å²) < 4.78 is 32.1. The van der Waals surface area contributed by atoms with E-state index in [0.29, 0.717) is 15.0 Å². The molecule has 2 aromatic rings. The molecule has 0 bridgehead atoms. The zero-order valence-electron chi connectivity index (χ0n) is 10.8. The Balaban J connectivity index is 1.86. The van der Waals surface area contributed by atoms with Crippen LogP contribution in [-0.2, 0) is 10.0 Å². The highest BCUT2D eigenvalue weighted by atomic mass is 35.5. The smallest absolute Gasteiger partial charge is 0.250 e. The van der Waals surface area contributed by atoms with Gasteiger partial charge < -0.3 is 4.74 Å². The van der Waals surface area contributed by atoms with Gasteiger partial charge in [-0.2, -0.15) is 0 Å². The number of ether oxygens (including phenoxy) is 1. The second-order valence-electron chi connectivity index (χ2n) is 4.04. The number of nitrogens with one attached hydrogen (secondary N) is 1. The van der Waals surface area contributed by atoms with Gasteiger partial charge in [-0.05, 0) is 31.2 Å². The third kappa shape index (κ3) is 3.96. The molecule has 1 aromatic carbocycles. The molecule has 0 amide bonds. The average Bonchev–Trinajstić information content (AvgIpc) is 2.84. The molecule has 1 heterocycles. The Morgan fingerprint density at radius 3 is 2.65 bits per heavy atom. The van der Waals surface area contributed by atoms with Crippen LogP contribution in [0.2, 0.25) is 5.02 Å². The van der Waals surface area contributed by atoms with E-state index in [1.807, 2.05) is 6.92 Å². The third-order valence-corrected chi connectivity index (χ3v) is 5.73. The molecule has 0 aliphatic rings. The minimum absolute atomic E-state index is 0.185. The maximum atomic E-state index is 11.9. The van der Waals surface area contributed by atoms with Gasteiger partial charge in [0, 0.05) is 11.4 Å². The lowest BCUT2D eigenvalue weighted by molar-refractivity contribution is 0.323. The SMILES string of the molecule is Cc1ccc(S(=O)(=O)NCCOc2ccccc2Cl)s1. The highest BCUT2D eigenvalue weighted by Gasteiger charge is 2.15. The first-order valence-corrected chi connectivity index (χ1v) is 8.60. The standard InChI is InChI=1S/C13H14ClNO3S2/c1-10-6-7-13(19-10)20(16,17)15-8-9-18-12-5-3-2-4-11(12)14/h2-7,15H,8-9H2,1H3. The van der Waals surface area contributed by atoms with Crippen molar-refractivity contribution in [2.75, 3.05) is 13.2 Å². The van der Waals surface area contributed by atoms with Crippen molar-refractivity contribution < 1.29 is 13.2 Å². The van der Waals surface area contributed by atoms with Crippen molar-refractivity contribution in [3.8, 4) is 5.75 Å². The second-order valence-corrected chi connectivity index (χ2v) is 7.73. The van der Waals surface area contributed by atoms with Crippen molar-refractivity contribution in [3.05, 3.63) is 46.3 Å². The molecule has 2 rings (SSSR count). The summed E-state index contributed by atoms with van der Waals surface area (Å²) in [5.74, 6) is 0.542. The van der Waals surface area contributed by atoms with E-state index in [1.54, 1.807) is 36.4 Å². The van der Waals surface area contributed by atoms with Crippen LogP contribution in [0.5, 0.6) is 5.75 Å². The number of thiophene rings is 1. The van der Waals surface area contributed by atoms with Gasteiger partial charge in [-0.3, -0.25) is 0 Å². The number of hydrogen-bond donors (Lipinski definition) is 1. The van der Waals surface area contributed by atoms with Crippen LogP contribution >= 0.6 is 22.9 Å². The number of sulfonamides is 1. The van der Waals surface area contributed by atoms with Gasteiger partial charge in [0.15, 0.2) is 0 Å². The molecule has 0 saturated carbocycles. The van der Waals surface area contributed by atoms with Crippen molar-refractivity contribution in [3.63, 3.8) is 0 Å². The highest BCUT2D eigenvalue weighted by Crippen LogP contribution is 2.23. The molecule has 0 aliphatic carbocycles. The first-order chi connectivity index (χ1) is 9.49. The molecule has 1 aromatic heterocycles. The molecule has 1 N–H and O–H groups in total. The quantitative estimate of drug-likeness (QED) is 0.828. The van der Waals surface area contributed by atoms with E-state index in [2.05, 4.69) is 4.72 Å². The van der Waals surface area contributed by atoms with Gasteiger partial charge >= 0.3 is 0 Å². The molecule has 108 valence electrons. The number of hydrogen-bond acceptors (Lipinski definition) is 4. The lowest BCUT2D eigenvalue weighted by atomic mass is 10.3. The van der Waals surface area contributed by atoms with E-state index in [9.17, 15) is 8.42 Å². The molecule has 0 spiro atoms. The Morgan fingerprint density at radius 1 is 1.25 bits per heavy atom. The van der Waals surface area contributed by atoms with Crippen LogP contribution < -0.4 is 9.46 Å². The molecule has 20 heavy (non-hydrogen) atoms. The van der Waals surface area contributed by atoms with Crippen LogP contribution in [-0.4, -0.2) is 21.6 Å². The zero-order chi connectivity index (χ0) is 14.6. The van der Waals surface area contributed by atoms with E-state index >= 15 is 0 Å². The number of benzene rings is 1. The van der Waals surface area contributed by atoms with Crippen LogP contribution in [0.25, 0.3) is 0 Å². The number of para-hydroxylation sites is 1. The second kappa shape index (κ2) is 6.58. The van der Waals surface area contributed by atoms with Gasteiger partial charge in [0.2, 0.25) is 10.0 Å². The van der Waals surface area contributed by atoms with Crippen LogP contribution in [0, 0.1) is 6.92 Å². The fourth-order valence-corrected chi connectivity index (χ4v) is 4.06. The summed E-state index contributed by atoms with van der Waals surface area (Å²) in [6, 6.07) is 10.4. The summed E-state index contributed by atoms with van der Waals surface area (Å²) in [4.78, 5) is 0.956. The van der Waals surface area contributed by atoms with Crippen LogP contribution in [0.4, 0.5) is 0 Å². The van der Waals surface area contributed by atoms with E-state index in [0.717, 1.165) is 4.88 Å². The molecule has 0 radical (unpaired) electrons.